The van der Waals surface area contributed by atoms with Crippen LogP contribution in [-0.4, -0.2) is 25.0 Å². The van der Waals surface area contributed by atoms with Gasteiger partial charge in [0.1, 0.15) is 5.75 Å². The number of benzene rings is 1. The molecule has 0 atom stereocenters. The van der Waals surface area contributed by atoms with Crippen LogP contribution in [0.25, 0.3) is 0 Å². The zero-order valence-corrected chi connectivity index (χ0v) is 7.70. The fourth-order valence-corrected chi connectivity index (χ4v) is 1.55. The monoisotopic (exact) mass is 177 g/mol. The Labute approximate surface area is 76.9 Å². The molecule has 0 unspecified atom stereocenters. The molecule has 0 fully saturated rings. The van der Waals surface area contributed by atoms with E-state index in [1.54, 1.807) is 25.1 Å². The second kappa shape index (κ2) is 2.76. The van der Waals surface area contributed by atoms with Crippen LogP contribution < -0.4 is 4.74 Å². The molecule has 0 spiro atoms. The predicted molar refractivity (Wildman–Crippen MR) is 48.8 cm³/mol. The minimum Gasteiger partial charge on any atom is -0.497 e. The van der Waals surface area contributed by atoms with Gasteiger partial charge >= 0.3 is 0 Å². The number of carbonyl (C=O) groups is 1. The van der Waals surface area contributed by atoms with Crippen molar-refractivity contribution in [2.24, 2.45) is 0 Å². The summed E-state index contributed by atoms with van der Waals surface area (Å²) in [5.74, 6) is 0.816. The van der Waals surface area contributed by atoms with Gasteiger partial charge in [-0.1, -0.05) is 6.07 Å². The third-order valence-corrected chi connectivity index (χ3v) is 2.30. The van der Waals surface area contributed by atoms with Gasteiger partial charge in [0.05, 0.1) is 7.11 Å². The van der Waals surface area contributed by atoms with Crippen molar-refractivity contribution in [2.75, 3.05) is 14.2 Å². The molecule has 1 heterocycles. The van der Waals surface area contributed by atoms with Crippen molar-refractivity contribution >= 4 is 5.91 Å². The SMILES string of the molecule is COc1ccc2c(c1)C(=O)N(C)C2. The first-order valence-electron chi connectivity index (χ1n) is 4.15. The first-order valence-corrected chi connectivity index (χ1v) is 4.15. The van der Waals surface area contributed by atoms with Gasteiger partial charge in [-0.3, -0.25) is 4.79 Å². The normalized spacial score (nSPS) is 14.6. The zero-order valence-electron chi connectivity index (χ0n) is 7.70. The van der Waals surface area contributed by atoms with Crippen LogP contribution in [0.2, 0.25) is 0 Å². The Kier molecular flexibility index (Phi) is 1.72. The molecule has 0 saturated heterocycles. The molecule has 13 heavy (non-hydrogen) atoms. The van der Waals surface area contributed by atoms with Crippen LogP contribution in [0.15, 0.2) is 18.2 Å². The Bertz CT molecular complexity index is 360. The van der Waals surface area contributed by atoms with E-state index in [9.17, 15) is 4.79 Å². The van der Waals surface area contributed by atoms with E-state index in [1.165, 1.54) is 0 Å². The molecule has 0 aliphatic carbocycles. The van der Waals surface area contributed by atoms with Crippen molar-refractivity contribution in [3.05, 3.63) is 29.3 Å². The molecular weight excluding hydrogens is 166 g/mol. The van der Waals surface area contributed by atoms with Crippen molar-refractivity contribution in [3.8, 4) is 5.75 Å². The Balaban J connectivity index is 2.48. The van der Waals surface area contributed by atoms with Gasteiger partial charge < -0.3 is 9.64 Å². The average Bonchev–Trinajstić information content (AvgIpc) is 2.43. The predicted octanol–water partition coefficient (Wildman–Crippen LogP) is 1.28. The van der Waals surface area contributed by atoms with Crippen LogP contribution in [0, 0.1) is 0 Å². The Morgan fingerprint density at radius 1 is 1.46 bits per heavy atom. The van der Waals surface area contributed by atoms with Gasteiger partial charge in [-0.15, -0.1) is 0 Å². The van der Waals surface area contributed by atoms with E-state index < -0.39 is 0 Å². The minimum atomic E-state index is 0.0777. The summed E-state index contributed by atoms with van der Waals surface area (Å²) in [7, 11) is 3.40. The molecule has 0 aromatic heterocycles. The van der Waals surface area contributed by atoms with Gasteiger partial charge in [0.15, 0.2) is 0 Å². The van der Waals surface area contributed by atoms with E-state index in [4.69, 9.17) is 4.74 Å². The molecule has 1 aliphatic heterocycles. The maximum atomic E-state index is 11.5. The van der Waals surface area contributed by atoms with Gasteiger partial charge in [-0.05, 0) is 17.7 Å². The lowest BCUT2D eigenvalue weighted by atomic mass is 10.1. The second-order valence-electron chi connectivity index (χ2n) is 3.18. The summed E-state index contributed by atoms with van der Waals surface area (Å²) in [6.45, 7) is 0.707. The van der Waals surface area contributed by atoms with Gasteiger partial charge in [-0.25, -0.2) is 0 Å². The highest BCUT2D eigenvalue weighted by molar-refractivity contribution is 5.98. The van der Waals surface area contributed by atoms with Crippen LogP contribution in [0.5, 0.6) is 5.75 Å². The molecule has 1 amide bonds. The van der Waals surface area contributed by atoms with Gasteiger partial charge in [0, 0.05) is 19.2 Å². The molecule has 1 aliphatic rings. The average molecular weight is 177 g/mol. The van der Waals surface area contributed by atoms with Crippen LogP contribution in [0.1, 0.15) is 15.9 Å². The summed E-state index contributed by atoms with van der Waals surface area (Å²) in [6.07, 6.45) is 0. The molecule has 1 aromatic rings. The Hall–Kier alpha value is -1.51. The molecule has 68 valence electrons. The highest BCUT2D eigenvalue weighted by Gasteiger charge is 2.24. The first kappa shape index (κ1) is 8.10. The van der Waals surface area contributed by atoms with Crippen LogP contribution in [0.4, 0.5) is 0 Å². The third-order valence-electron chi connectivity index (χ3n) is 2.30. The molecule has 0 bridgehead atoms. The molecule has 0 N–H and O–H groups in total. The molecule has 0 saturated carbocycles. The number of hydrogen-bond acceptors (Lipinski definition) is 2. The van der Waals surface area contributed by atoms with E-state index in [0.29, 0.717) is 6.54 Å². The van der Waals surface area contributed by atoms with E-state index >= 15 is 0 Å². The third kappa shape index (κ3) is 1.16. The highest BCUT2D eigenvalue weighted by Crippen LogP contribution is 2.25. The summed E-state index contributed by atoms with van der Waals surface area (Å²) >= 11 is 0. The van der Waals surface area contributed by atoms with Crippen molar-refractivity contribution < 1.29 is 9.53 Å². The van der Waals surface area contributed by atoms with Crippen LogP contribution in [0.3, 0.4) is 0 Å². The smallest absolute Gasteiger partial charge is 0.254 e. The standard InChI is InChI=1S/C10H11NO2/c1-11-6-7-3-4-8(13-2)5-9(7)10(11)12/h3-5H,6H2,1-2H3. The van der Waals surface area contributed by atoms with E-state index in [-0.39, 0.29) is 5.91 Å². The number of nitrogens with zero attached hydrogens (tertiary/aromatic N) is 1. The molecule has 2 rings (SSSR count). The summed E-state index contributed by atoms with van der Waals surface area (Å²) in [5, 5.41) is 0. The van der Waals surface area contributed by atoms with Gasteiger partial charge in [0.25, 0.3) is 5.91 Å². The molecule has 3 nitrogen and oxygen atoms in total. The molecule has 3 heteroatoms. The van der Waals surface area contributed by atoms with Crippen molar-refractivity contribution in [2.45, 2.75) is 6.54 Å². The molecular formula is C10H11NO2. The number of methoxy groups -OCH3 is 1. The second-order valence-corrected chi connectivity index (χ2v) is 3.18. The van der Waals surface area contributed by atoms with Crippen molar-refractivity contribution in [1.82, 2.24) is 4.90 Å². The topological polar surface area (TPSA) is 29.5 Å². The van der Waals surface area contributed by atoms with Crippen LogP contribution in [-0.2, 0) is 6.54 Å². The van der Waals surface area contributed by atoms with Crippen LogP contribution >= 0.6 is 0 Å². The number of fused-ring (bicyclic) bond motifs is 1. The van der Waals surface area contributed by atoms with Crippen molar-refractivity contribution in [3.63, 3.8) is 0 Å². The van der Waals surface area contributed by atoms with E-state index in [1.807, 2.05) is 12.1 Å². The lowest BCUT2D eigenvalue weighted by Gasteiger charge is -2.04. The Morgan fingerprint density at radius 2 is 2.23 bits per heavy atom. The summed E-state index contributed by atoms with van der Waals surface area (Å²) < 4.78 is 5.05. The highest BCUT2D eigenvalue weighted by atomic mass is 16.5. The lowest BCUT2D eigenvalue weighted by molar-refractivity contribution is 0.0816. The molecule has 0 radical (unpaired) electrons. The Morgan fingerprint density at radius 3 is 2.92 bits per heavy atom. The molecule has 1 aromatic carbocycles. The summed E-state index contributed by atoms with van der Waals surface area (Å²) in [4.78, 5) is 13.2. The van der Waals surface area contributed by atoms with E-state index in [0.717, 1.165) is 16.9 Å². The number of rotatable bonds is 1. The number of ether oxygens (including phenoxy) is 1. The quantitative estimate of drug-likeness (QED) is 0.646. The zero-order chi connectivity index (χ0) is 9.42. The van der Waals surface area contributed by atoms with Gasteiger partial charge in [-0.2, -0.15) is 0 Å². The largest absolute Gasteiger partial charge is 0.497 e. The number of amides is 1. The lowest BCUT2D eigenvalue weighted by Crippen LogP contribution is -2.17. The summed E-state index contributed by atoms with van der Waals surface area (Å²) in [5.41, 5.74) is 1.84. The maximum Gasteiger partial charge on any atom is 0.254 e. The van der Waals surface area contributed by atoms with Crippen molar-refractivity contribution in [1.29, 1.82) is 0 Å². The maximum absolute atomic E-state index is 11.5. The van der Waals surface area contributed by atoms with Gasteiger partial charge in [0.2, 0.25) is 0 Å². The minimum absolute atomic E-state index is 0.0777. The van der Waals surface area contributed by atoms with E-state index in [2.05, 4.69) is 0 Å². The summed E-state index contributed by atoms with van der Waals surface area (Å²) in [6, 6.07) is 5.61. The fourth-order valence-electron chi connectivity index (χ4n) is 1.55. The number of carbonyl (C=O) groups excluding carboxylic acids is 1. The first-order chi connectivity index (χ1) is 6.22. The number of hydrogen-bond donors (Lipinski definition) is 0. The fraction of sp³-hybridized carbons (Fsp3) is 0.300.